The molecule has 0 aromatic heterocycles. The summed E-state index contributed by atoms with van der Waals surface area (Å²) < 4.78 is 4.14. The third-order valence-corrected chi connectivity index (χ3v) is 11.9. The molecule has 2 unspecified atom stereocenters. The van der Waals surface area contributed by atoms with Gasteiger partial charge in [-0.2, -0.15) is 0 Å². The van der Waals surface area contributed by atoms with E-state index in [1.165, 1.54) is 0 Å². The largest absolute Gasteiger partial charge is 0.494 e. The molecule has 3 fully saturated rings. The first-order valence-electron chi connectivity index (χ1n) is 15.4. The van der Waals surface area contributed by atoms with Crippen molar-refractivity contribution in [3.8, 4) is 5.75 Å². The van der Waals surface area contributed by atoms with Crippen LogP contribution in [0.4, 0.5) is 11.4 Å². The van der Waals surface area contributed by atoms with Crippen LogP contribution in [0, 0.1) is 18.8 Å². The van der Waals surface area contributed by atoms with Gasteiger partial charge in [-0.1, -0.05) is 54.1 Å². The lowest BCUT2D eigenvalue weighted by Gasteiger charge is -2.37. The van der Waals surface area contributed by atoms with Gasteiger partial charge in [-0.15, -0.1) is 11.8 Å². The first-order chi connectivity index (χ1) is 21.6. The van der Waals surface area contributed by atoms with Gasteiger partial charge in [0.25, 0.3) is 0 Å². The first kappa shape index (κ1) is 31.5. The van der Waals surface area contributed by atoms with E-state index in [2.05, 4.69) is 10.6 Å². The number of thioether (sulfide) groups is 1. The van der Waals surface area contributed by atoms with Gasteiger partial charge in [0.15, 0.2) is 0 Å². The highest BCUT2D eigenvalue weighted by molar-refractivity contribution is 8.02. The fraction of sp³-hybridized carbons (Fsp3) is 0.400. The van der Waals surface area contributed by atoms with E-state index in [4.69, 9.17) is 16.3 Å². The van der Waals surface area contributed by atoms with E-state index in [1.54, 1.807) is 47.0 Å². The highest BCUT2D eigenvalue weighted by Crippen LogP contribution is 2.71. The third-order valence-electron chi connectivity index (χ3n) is 9.57. The Morgan fingerprint density at radius 1 is 1.04 bits per heavy atom. The topological polar surface area (TPSA) is 108 Å². The molecule has 6 rings (SSSR count). The van der Waals surface area contributed by atoms with Crippen LogP contribution in [0.25, 0.3) is 0 Å². The zero-order valence-electron chi connectivity index (χ0n) is 25.6. The number of hydrogen-bond acceptors (Lipinski definition) is 6. The highest BCUT2D eigenvalue weighted by atomic mass is 35.5. The molecule has 3 amide bonds. The minimum atomic E-state index is -0.915. The van der Waals surface area contributed by atoms with Crippen molar-refractivity contribution in [1.82, 2.24) is 4.90 Å². The van der Waals surface area contributed by atoms with Crippen molar-refractivity contribution < 1.29 is 24.2 Å². The molecule has 0 radical (unpaired) electrons. The molecular formula is C35H38ClN3O5S. The normalized spacial score (nSPS) is 27.3. The van der Waals surface area contributed by atoms with Crippen LogP contribution >= 0.6 is 23.4 Å². The van der Waals surface area contributed by atoms with Gasteiger partial charge >= 0.3 is 0 Å². The van der Waals surface area contributed by atoms with Crippen LogP contribution in [0.3, 0.4) is 0 Å². The monoisotopic (exact) mass is 647 g/mol. The molecule has 8 nitrogen and oxygen atoms in total. The maximum Gasteiger partial charge on any atom is 0.248 e. The summed E-state index contributed by atoms with van der Waals surface area (Å²) in [7, 11) is 0. The molecule has 3 aromatic rings. The number of aliphatic hydroxyl groups excluding tert-OH is 1. The van der Waals surface area contributed by atoms with Gasteiger partial charge in [0.2, 0.25) is 17.7 Å². The number of fused-ring (bicyclic) bond motifs is 1. The molecule has 6 atom stereocenters. The summed E-state index contributed by atoms with van der Waals surface area (Å²) in [4.78, 5) is 44.8. The number of amides is 3. The van der Waals surface area contributed by atoms with Crippen molar-refractivity contribution in [3.63, 3.8) is 0 Å². The summed E-state index contributed by atoms with van der Waals surface area (Å²) in [5, 5.41) is 17.2. The van der Waals surface area contributed by atoms with Crippen molar-refractivity contribution >= 4 is 52.5 Å². The van der Waals surface area contributed by atoms with Crippen molar-refractivity contribution in [2.45, 2.75) is 61.6 Å². The van der Waals surface area contributed by atoms with Gasteiger partial charge in [0.1, 0.15) is 11.8 Å². The van der Waals surface area contributed by atoms with Gasteiger partial charge < -0.3 is 25.4 Å². The average molecular weight is 648 g/mol. The highest BCUT2D eigenvalue weighted by Gasteiger charge is 2.77. The van der Waals surface area contributed by atoms with E-state index in [0.29, 0.717) is 48.0 Å². The Hall–Kier alpha value is -3.53. The fourth-order valence-corrected chi connectivity index (χ4v) is 10.2. The van der Waals surface area contributed by atoms with Crippen LogP contribution in [0.15, 0.2) is 72.8 Å². The van der Waals surface area contributed by atoms with Crippen LogP contribution in [0.1, 0.15) is 37.8 Å². The quantitative estimate of drug-likeness (QED) is 0.260. The van der Waals surface area contributed by atoms with Crippen molar-refractivity contribution in [3.05, 3.63) is 88.9 Å². The predicted octanol–water partition coefficient (Wildman–Crippen LogP) is 5.71. The minimum Gasteiger partial charge on any atom is -0.494 e. The third kappa shape index (κ3) is 5.49. The molecule has 2 bridgehead atoms. The lowest BCUT2D eigenvalue weighted by atomic mass is 9.66. The number of halogens is 1. The second-order valence-electron chi connectivity index (χ2n) is 12.4. The number of hydrogen-bond donors (Lipinski definition) is 3. The van der Waals surface area contributed by atoms with E-state index >= 15 is 0 Å². The molecule has 3 N–H and O–H groups in total. The number of para-hydroxylation sites is 1. The van der Waals surface area contributed by atoms with Gasteiger partial charge in [-0.05, 0) is 81.5 Å². The Bertz CT molecular complexity index is 1580. The molecule has 0 saturated carbocycles. The molecule has 3 aromatic carbocycles. The number of anilines is 2. The zero-order valence-corrected chi connectivity index (χ0v) is 27.2. The Morgan fingerprint density at radius 2 is 1.78 bits per heavy atom. The summed E-state index contributed by atoms with van der Waals surface area (Å²) in [5.74, 6) is -1.59. The number of benzene rings is 3. The predicted molar refractivity (Wildman–Crippen MR) is 178 cm³/mol. The SMILES string of the molecule is CCOc1ccc(NC(=O)[C@@H]2[C@H]3C(=O)N([C@@H](CO)Cc4ccccc4)C(C(=O)Nc4c(C)cccc4Cl)C34CC[C@@]2(C)S4)cc1. The molecular weight excluding hydrogens is 610 g/mol. The number of carbonyl (C=O) groups is 3. The van der Waals surface area contributed by atoms with Crippen molar-refractivity contribution in [2.75, 3.05) is 23.8 Å². The summed E-state index contributed by atoms with van der Waals surface area (Å²) in [6, 6.07) is 20.6. The van der Waals surface area contributed by atoms with E-state index in [1.807, 2.05) is 63.2 Å². The second kappa shape index (κ2) is 12.3. The van der Waals surface area contributed by atoms with Crippen LogP contribution in [-0.4, -0.2) is 62.5 Å². The summed E-state index contributed by atoms with van der Waals surface area (Å²) >= 11 is 8.11. The second-order valence-corrected chi connectivity index (χ2v) is 14.7. The molecule has 236 valence electrons. The van der Waals surface area contributed by atoms with Crippen molar-refractivity contribution in [1.29, 1.82) is 0 Å². The molecule has 10 heteroatoms. The van der Waals surface area contributed by atoms with E-state index in [9.17, 15) is 19.5 Å². The van der Waals surface area contributed by atoms with Gasteiger partial charge in [0.05, 0.1) is 46.5 Å². The Labute approximate surface area is 272 Å². The van der Waals surface area contributed by atoms with Gasteiger partial charge in [-0.25, -0.2) is 0 Å². The van der Waals surface area contributed by atoms with E-state index in [0.717, 1.165) is 11.1 Å². The number of nitrogens with zero attached hydrogens (tertiary/aromatic N) is 1. The Kier molecular flexibility index (Phi) is 8.63. The smallest absolute Gasteiger partial charge is 0.248 e. The van der Waals surface area contributed by atoms with E-state index < -0.39 is 33.4 Å². The van der Waals surface area contributed by atoms with Gasteiger partial charge in [-0.3, -0.25) is 14.4 Å². The summed E-state index contributed by atoms with van der Waals surface area (Å²) in [5.41, 5.74) is 2.84. The number of aliphatic hydroxyl groups is 1. The zero-order chi connectivity index (χ0) is 31.9. The number of aryl methyl sites for hydroxylation is 1. The van der Waals surface area contributed by atoms with Crippen LogP contribution in [0.2, 0.25) is 5.02 Å². The lowest BCUT2D eigenvalue weighted by Crippen LogP contribution is -2.55. The number of nitrogens with one attached hydrogen (secondary N) is 2. The molecule has 3 aliphatic rings. The number of likely N-dealkylation sites (tertiary alicyclic amines) is 1. The number of rotatable bonds is 10. The van der Waals surface area contributed by atoms with Crippen molar-refractivity contribution in [2.24, 2.45) is 11.8 Å². The van der Waals surface area contributed by atoms with E-state index in [-0.39, 0.29) is 24.3 Å². The van der Waals surface area contributed by atoms with Crippen LogP contribution < -0.4 is 15.4 Å². The Morgan fingerprint density at radius 3 is 2.44 bits per heavy atom. The molecule has 3 heterocycles. The average Bonchev–Trinajstić information content (AvgIpc) is 3.60. The molecule has 3 aliphatic heterocycles. The number of carbonyl (C=O) groups excluding carboxylic acids is 3. The van der Waals surface area contributed by atoms with Crippen LogP contribution in [0.5, 0.6) is 5.75 Å². The minimum absolute atomic E-state index is 0.249. The van der Waals surface area contributed by atoms with Gasteiger partial charge in [0, 0.05) is 10.4 Å². The summed E-state index contributed by atoms with van der Waals surface area (Å²) in [6.07, 6.45) is 1.64. The lowest BCUT2D eigenvalue weighted by molar-refractivity contribution is -0.141. The maximum atomic E-state index is 14.7. The molecule has 3 saturated heterocycles. The standard InChI is InChI=1S/C35H38ClN3O5S/c1-4-44-25-15-13-23(14-16-25)37-31(41)27-28-33(43)39(24(20-40)19-22-10-6-5-7-11-22)30(35(28)18-17-34(27,3)45-35)32(42)38-29-21(2)9-8-12-26(29)36/h5-16,24,27-28,30,40H,4,17-20H2,1-3H3,(H,37,41)(H,38,42)/t24-,27+,28+,30?,34-,35?/m1/s1. The first-order valence-corrected chi connectivity index (χ1v) is 16.6. The maximum absolute atomic E-state index is 14.7. The molecule has 45 heavy (non-hydrogen) atoms. The molecule has 0 aliphatic carbocycles. The fourth-order valence-electron chi connectivity index (χ4n) is 7.60. The molecule has 1 spiro atoms. The summed E-state index contributed by atoms with van der Waals surface area (Å²) in [6.45, 7) is 6.01. The Balaban J connectivity index is 1.38. The van der Waals surface area contributed by atoms with Crippen LogP contribution in [-0.2, 0) is 20.8 Å². The number of ether oxygens (including phenoxy) is 1.